The van der Waals surface area contributed by atoms with Gasteiger partial charge >= 0.3 is 27.5 Å². The number of carboxylic acids is 3. The molecule has 0 saturated heterocycles. The predicted octanol–water partition coefficient (Wildman–Crippen LogP) is 1.15. The fourth-order valence-corrected chi connectivity index (χ4v) is 1.56. The summed E-state index contributed by atoms with van der Waals surface area (Å²) in [5.74, 6) is -2.80. The van der Waals surface area contributed by atoms with Crippen LogP contribution in [0.1, 0.15) is 97.8 Å². The van der Waals surface area contributed by atoms with Crippen molar-refractivity contribution in [1.29, 1.82) is 0 Å². The molecule has 0 aliphatic heterocycles. The van der Waals surface area contributed by atoms with Crippen molar-refractivity contribution in [2.24, 2.45) is 0 Å². The number of hydrogen-bond acceptors (Lipinski definition) is 6. The summed E-state index contributed by atoms with van der Waals surface area (Å²) in [5, 5.41) is 29.3. The van der Waals surface area contributed by atoms with Gasteiger partial charge in [-0.1, -0.05) is 59.3 Å². The Morgan fingerprint density at radius 2 is 0.731 bits per heavy atom. The van der Waals surface area contributed by atoms with Crippen molar-refractivity contribution < 1.29 is 29.7 Å². The third-order valence-corrected chi connectivity index (χ3v) is 2.95. The maximum absolute atomic E-state index is 9.76. The van der Waals surface area contributed by atoms with E-state index in [0.29, 0.717) is 0 Å². The minimum atomic E-state index is -0.932. The van der Waals surface area contributed by atoms with E-state index < -0.39 is 17.9 Å². The fraction of sp³-hybridized carbons (Fsp3) is 0.842. The molecule has 6 nitrogen and oxygen atoms in total. The van der Waals surface area contributed by atoms with Crippen LogP contribution in [-0.2, 0) is 14.4 Å². The molecule has 0 aromatic heterocycles. The molecule has 0 aliphatic rings. The number of carbonyl (C=O) groups is 3. The molecular formula is C19H36O6Sn. The van der Waals surface area contributed by atoms with Gasteiger partial charge in [0.1, 0.15) is 0 Å². The van der Waals surface area contributed by atoms with E-state index in [1.807, 2.05) is 20.8 Å². The average molecular weight is 479 g/mol. The summed E-state index contributed by atoms with van der Waals surface area (Å²) in [4.78, 5) is 31.4. The molecule has 0 radical (unpaired) electrons. The molecule has 0 saturated carbocycles. The van der Waals surface area contributed by atoms with Crippen LogP contribution in [0, 0.1) is 0 Å². The van der Waals surface area contributed by atoms with E-state index in [-0.39, 0.29) is 19.3 Å². The first kappa shape index (κ1) is 32.8. The number of carbonyl (C=O) groups excluding carboxylic acids is 3. The van der Waals surface area contributed by atoms with Crippen molar-refractivity contribution in [2.45, 2.75) is 103 Å². The number of carboxylic acid groups (broad SMARTS) is 3. The van der Waals surface area contributed by atoms with Gasteiger partial charge in [0, 0.05) is 17.9 Å². The van der Waals surface area contributed by atoms with Gasteiger partial charge in [0.25, 0.3) is 0 Å². The second-order valence-corrected chi connectivity index (χ2v) is 5.49. The quantitative estimate of drug-likeness (QED) is 0.306. The number of unbranched alkanes of at least 4 members (excludes halogenated alkanes) is 6. The number of hydrogen-bond donors (Lipinski definition) is 0. The predicted molar refractivity (Wildman–Crippen MR) is 99.1 cm³/mol. The van der Waals surface area contributed by atoms with Crippen LogP contribution in [-0.4, -0.2) is 40.4 Å². The second-order valence-electron chi connectivity index (χ2n) is 5.49. The van der Waals surface area contributed by atoms with E-state index in [1.165, 1.54) is 0 Å². The molecule has 0 aliphatic carbocycles. The van der Waals surface area contributed by atoms with E-state index in [0.717, 1.165) is 57.8 Å². The van der Waals surface area contributed by atoms with Crippen LogP contribution in [0.4, 0.5) is 0 Å². The molecule has 7 heteroatoms. The van der Waals surface area contributed by atoms with Crippen LogP contribution in [0.25, 0.3) is 0 Å². The first-order valence-electron chi connectivity index (χ1n) is 9.41. The Bertz CT molecular complexity index is 261. The molecule has 0 N–H and O–H groups in total. The molecule has 0 aromatic rings. The van der Waals surface area contributed by atoms with Crippen molar-refractivity contribution in [3.05, 3.63) is 0 Å². The van der Waals surface area contributed by atoms with E-state index in [4.69, 9.17) is 0 Å². The summed E-state index contributed by atoms with van der Waals surface area (Å²) in [6.07, 6.45) is 9.11. The molecule has 0 heterocycles. The Balaban J connectivity index is -0.000000133. The molecule has 0 amide bonds. The van der Waals surface area contributed by atoms with Crippen LogP contribution in [0.2, 0.25) is 4.94 Å². The van der Waals surface area contributed by atoms with Gasteiger partial charge in [-0.2, -0.15) is 0 Å². The maximum atomic E-state index is 9.76. The van der Waals surface area contributed by atoms with Gasteiger partial charge in [0.15, 0.2) is 0 Å². The summed E-state index contributed by atoms with van der Waals surface area (Å²) < 4.78 is 0. The zero-order valence-corrected chi connectivity index (χ0v) is 19.8. The number of rotatable bonds is 12. The van der Waals surface area contributed by atoms with Gasteiger partial charge in [-0.05, 0) is 38.5 Å². The minimum absolute atomic E-state index is 0.216. The SMILES string of the molecule is CCCCCC(=O)[O-].CCCCCC(=O)[O-].CCCCCC(=O)[O-].[CH3][Sn+3]. The van der Waals surface area contributed by atoms with Crippen LogP contribution < -0.4 is 15.3 Å². The van der Waals surface area contributed by atoms with Gasteiger partial charge in [-0.25, -0.2) is 0 Å². The van der Waals surface area contributed by atoms with Gasteiger partial charge in [0.2, 0.25) is 0 Å². The van der Waals surface area contributed by atoms with Crippen molar-refractivity contribution in [3.8, 4) is 0 Å². The summed E-state index contributed by atoms with van der Waals surface area (Å²) >= 11 is 1.55. The van der Waals surface area contributed by atoms with E-state index in [9.17, 15) is 29.7 Å². The van der Waals surface area contributed by atoms with Crippen molar-refractivity contribution >= 4 is 40.4 Å². The standard InChI is InChI=1S/3C6H12O2.CH3.Sn/c3*1-2-3-4-5-6(7)8;;/h3*2-5H2,1H3,(H,7,8);1H3;/q;;;;+3/p-3. The molecule has 0 spiro atoms. The third kappa shape index (κ3) is 56.7. The summed E-state index contributed by atoms with van der Waals surface area (Å²) in [6.45, 7) is 6.11. The zero-order valence-electron chi connectivity index (χ0n) is 16.9. The van der Waals surface area contributed by atoms with Crippen LogP contribution in [0.5, 0.6) is 0 Å². The van der Waals surface area contributed by atoms with Crippen LogP contribution in [0.15, 0.2) is 0 Å². The normalized spacial score (nSPS) is 8.69. The van der Waals surface area contributed by atoms with E-state index in [2.05, 4.69) is 4.94 Å². The monoisotopic (exact) mass is 480 g/mol. The van der Waals surface area contributed by atoms with Gasteiger partial charge in [-0.3, -0.25) is 0 Å². The van der Waals surface area contributed by atoms with Gasteiger partial charge in [0.05, 0.1) is 0 Å². The zero-order chi connectivity index (χ0) is 21.2. The van der Waals surface area contributed by atoms with Crippen molar-refractivity contribution in [3.63, 3.8) is 0 Å². The molecular weight excluding hydrogens is 443 g/mol. The summed E-state index contributed by atoms with van der Waals surface area (Å²) in [5.41, 5.74) is 0. The molecule has 0 rings (SSSR count). The summed E-state index contributed by atoms with van der Waals surface area (Å²) in [6, 6.07) is 0. The van der Waals surface area contributed by atoms with Crippen LogP contribution in [0.3, 0.4) is 0 Å². The molecule has 0 aromatic carbocycles. The van der Waals surface area contributed by atoms with E-state index in [1.54, 1.807) is 22.5 Å². The molecule has 0 bridgehead atoms. The molecule has 152 valence electrons. The Kier molecular flexibility index (Phi) is 40.3. The van der Waals surface area contributed by atoms with E-state index >= 15 is 0 Å². The third-order valence-electron chi connectivity index (χ3n) is 2.95. The topological polar surface area (TPSA) is 120 Å². The number of aliphatic carboxylic acids is 3. The Hall–Kier alpha value is -0.791. The Labute approximate surface area is 172 Å². The van der Waals surface area contributed by atoms with Gasteiger partial charge < -0.3 is 29.7 Å². The Morgan fingerprint density at radius 3 is 0.846 bits per heavy atom. The van der Waals surface area contributed by atoms with Crippen LogP contribution >= 0.6 is 0 Å². The first-order chi connectivity index (χ1) is 12.3. The van der Waals surface area contributed by atoms with Crippen molar-refractivity contribution in [2.75, 3.05) is 0 Å². The molecule has 0 atom stereocenters. The van der Waals surface area contributed by atoms with Gasteiger partial charge in [-0.15, -0.1) is 0 Å². The molecule has 26 heavy (non-hydrogen) atoms. The second kappa shape index (κ2) is 31.9. The molecule has 0 fully saturated rings. The van der Waals surface area contributed by atoms with Crippen molar-refractivity contribution in [1.82, 2.24) is 0 Å². The summed E-state index contributed by atoms with van der Waals surface area (Å²) in [7, 11) is 0. The first-order valence-corrected chi connectivity index (χ1v) is 12.3. The Morgan fingerprint density at radius 1 is 0.538 bits per heavy atom. The molecule has 0 unspecified atom stereocenters. The average Bonchev–Trinajstić information content (AvgIpc) is 2.58. The fourth-order valence-electron chi connectivity index (χ4n) is 1.56.